The molecule has 2 aromatic rings. The third-order valence-corrected chi connectivity index (χ3v) is 5.16. The molecular weight excluding hydrogens is 376 g/mol. The molecule has 1 amide bonds. The predicted octanol–water partition coefficient (Wildman–Crippen LogP) is 2.05. The second-order valence-corrected chi connectivity index (χ2v) is 7.28. The van der Waals surface area contributed by atoms with Gasteiger partial charge in [-0.1, -0.05) is 12.5 Å². The summed E-state index contributed by atoms with van der Waals surface area (Å²) in [5.74, 6) is -1.44. The number of carbonyl (C=O) groups excluding carboxylic acids is 1. The summed E-state index contributed by atoms with van der Waals surface area (Å²) in [6.07, 6.45) is 3.18. The number of primary amides is 1. The second-order valence-electron chi connectivity index (χ2n) is 7.28. The van der Waals surface area contributed by atoms with Crippen molar-refractivity contribution in [3.05, 3.63) is 51.6 Å². The van der Waals surface area contributed by atoms with Gasteiger partial charge >= 0.3 is 0 Å². The fraction of sp³-hybridized carbons (Fsp3) is 0.429. The predicted molar refractivity (Wildman–Crippen MR) is 106 cm³/mol. The molecule has 1 aromatic heterocycles. The zero-order chi connectivity index (χ0) is 21.0. The van der Waals surface area contributed by atoms with E-state index >= 15 is 0 Å². The van der Waals surface area contributed by atoms with Crippen LogP contribution in [0.1, 0.15) is 48.7 Å². The summed E-state index contributed by atoms with van der Waals surface area (Å²) in [5.41, 5.74) is 5.36. The van der Waals surface area contributed by atoms with Gasteiger partial charge in [0.25, 0.3) is 0 Å². The summed E-state index contributed by atoms with van der Waals surface area (Å²) in [5, 5.41) is 20.3. The van der Waals surface area contributed by atoms with Crippen molar-refractivity contribution in [2.45, 2.75) is 38.1 Å². The molecule has 156 valence electrons. The molecule has 0 unspecified atom stereocenters. The van der Waals surface area contributed by atoms with Crippen LogP contribution < -0.4 is 15.9 Å². The summed E-state index contributed by atoms with van der Waals surface area (Å²) in [6, 6.07) is 5.79. The number of nitrogens with zero attached hydrogens (tertiary/aromatic N) is 1. The van der Waals surface area contributed by atoms with Crippen LogP contribution in [0.2, 0.25) is 0 Å². The van der Waals surface area contributed by atoms with E-state index in [9.17, 15) is 19.8 Å². The highest BCUT2D eigenvalue weighted by Gasteiger charge is 2.26. The molecule has 0 saturated carbocycles. The van der Waals surface area contributed by atoms with Gasteiger partial charge in [-0.3, -0.25) is 14.5 Å². The lowest BCUT2D eigenvalue weighted by molar-refractivity contribution is -0.118. The molecule has 0 bridgehead atoms. The monoisotopic (exact) mass is 402 g/mol. The van der Waals surface area contributed by atoms with Gasteiger partial charge in [-0.2, -0.15) is 0 Å². The van der Waals surface area contributed by atoms with E-state index in [4.69, 9.17) is 14.9 Å². The number of piperidine rings is 1. The molecule has 1 fully saturated rings. The first-order valence-electron chi connectivity index (χ1n) is 9.62. The van der Waals surface area contributed by atoms with E-state index in [0.29, 0.717) is 17.9 Å². The van der Waals surface area contributed by atoms with Crippen LogP contribution in [-0.2, 0) is 11.3 Å². The Morgan fingerprint density at radius 3 is 2.62 bits per heavy atom. The Bertz CT molecular complexity index is 933. The number of phenols is 1. The molecule has 0 spiro atoms. The van der Waals surface area contributed by atoms with Gasteiger partial charge in [0.2, 0.25) is 17.1 Å². The quantitative estimate of drug-likeness (QED) is 0.647. The van der Waals surface area contributed by atoms with Crippen LogP contribution >= 0.6 is 0 Å². The highest BCUT2D eigenvalue weighted by atomic mass is 16.5. The third-order valence-electron chi connectivity index (χ3n) is 5.16. The summed E-state index contributed by atoms with van der Waals surface area (Å²) < 4.78 is 11.0. The molecule has 0 radical (unpaired) electrons. The van der Waals surface area contributed by atoms with Gasteiger partial charge in [0, 0.05) is 12.5 Å². The Morgan fingerprint density at radius 2 is 1.97 bits per heavy atom. The molecule has 1 aliphatic heterocycles. The largest absolute Gasteiger partial charge is 0.504 e. The van der Waals surface area contributed by atoms with Crippen molar-refractivity contribution in [2.24, 2.45) is 5.73 Å². The molecule has 1 atom stereocenters. The second kappa shape index (κ2) is 9.00. The Balaban J connectivity index is 2.02. The van der Waals surface area contributed by atoms with Crippen LogP contribution in [0.5, 0.6) is 17.2 Å². The number of methoxy groups -OCH3 is 1. The Kier molecular flexibility index (Phi) is 6.43. The average Bonchev–Trinajstić information content (AvgIpc) is 2.70. The molecule has 4 N–H and O–H groups in total. The number of benzene rings is 1. The summed E-state index contributed by atoms with van der Waals surface area (Å²) in [4.78, 5) is 26.3. The van der Waals surface area contributed by atoms with Crippen molar-refractivity contribution >= 4 is 5.91 Å². The van der Waals surface area contributed by atoms with E-state index in [0.717, 1.165) is 25.9 Å². The lowest BCUT2D eigenvalue weighted by atomic mass is 9.91. The third kappa shape index (κ3) is 4.89. The molecule has 8 heteroatoms. The first-order chi connectivity index (χ1) is 13.9. The summed E-state index contributed by atoms with van der Waals surface area (Å²) in [6.45, 7) is 2.28. The van der Waals surface area contributed by atoms with Crippen LogP contribution in [-0.4, -0.2) is 41.2 Å². The number of hydrogen-bond acceptors (Lipinski definition) is 7. The molecule has 0 aliphatic carbocycles. The molecule has 29 heavy (non-hydrogen) atoms. The molecule has 8 nitrogen and oxygen atoms in total. The number of likely N-dealkylation sites (tertiary alicyclic amines) is 1. The van der Waals surface area contributed by atoms with Crippen LogP contribution in [0.4, 0.5) is 0 Å². The minimum atomic E-state index is -0.795. The van der Waals surface area contributed by atoms with Crippen LogP contribution in [0.3, 0.4) is 0 Å². The Labute approximate surface area is 168 Å². The van der Waals surface area contributed by atoms with Crippen molar-refractivity contribution in [3.63, 3.8) is 0 Å². The van der Waals surface area contributed by atoms with Crippen LogP contribution in [0.25, 0.3) is 0 Å². The fourth-order valence-electron chi connectivity index (χ4n) is 3.68. The molecule has 1 aliphatic rings. The molecule has 2 heterocycles. The van der Waals surface area contributed by atoms with Crippen molar-refractivity contribution in [1.29, 1.82) is 0 Å². The number of rotatable bonds is 7. The van der Waals surface area contributed by atoms with Crippen molar-refractivity contribution in [3.8, 4) is 17.2 Å². The van der Waals surface area contributed by atoms with Gasteiger partial charge in [0.15, 0.2) is 17.3 Å². The lowest BCUT2D eigenvalue weighted by Gasteiger charge is -2.26. The highest BCUT2D eigenvalue weighted by molar-refractivity contribution is 5.75. The van der Waals surface area contributed by atoms with E-state index in [1.807, 2.05) is 0 Å². The van der Waals surface area contributed by atoms with E-state index in [-0.39, 0.29) is 23.7 Å². The Hall–Kier alpha value is -3.00. The topological polar surface area (TPSA) is 126 Å². The van der Waals surface area contributed by atoms with Gasteiger partial charge < -0.3 is 25.1 Å². The highest BCUT2D eigenvalue weighted by Crippen LogP contribution is 2.37. The number of amides is 1. The van der Waals surface area contributed by atoms with Crippen molar-refractivity contribution in [1.82, 2.24) is 4.90 Å². The summed E-state index contributed by atoms with van der Waals surface area (Å²) in [7, 11) is 1.40. The maximum Gasteiger partial charge on any atom is 0.227 e. The molecule has 1 saturated heterocycles. The maximum atomic E-state index is 12.4. The van der Waals surface area contributed by atoms with Gasteiger partial charge in [0.05, 0.1) is 19.6 Å². The number of nitrogens with two attached hydrogens (primary N) is 1. The Morgan fingerprint density at radius 1 is 1.24 bits per heavy atom. The zero-order valence-electron chi connectivity index (χ0n) is 16.4. The average molecular weight is 402 g/mol. The van der Waals surface area contributed by atoms with Crippen molar-refractivity contribution < 1.29 is 24.2 Å². The van der Waals surface area contributed by atoms with Gasteiger partial charge in [0.1, 0.15) is 5.76 Å². The van der Waals surface area contributed by atoms with E-state index in [1.165, 1.54) is 31.7 Å². The number of carbonyl (C=O) groups is 1. The van der Waals surface area contributed by atoms with Gasteiger partial charge in [-0.05, 0) is 43.6 Å². The fourth-order valence-corrected chi connectivity index (χ4v) is 3.68. The van der Waals surface area contributed by atoms with Gasteiger partial charge in [-0.25, -0.2) is 0 Å². The van der Waals surface area contributed by atoms with Crippen LogP contribution in [0.15, 0.2) is 33.5 Å². The zero-order valence-corrected chi connectivity index (χ0v) is 16.4. The smallest absolute Gasteiger partial charge is 0.227 e. The SMILES string of the molecule is COc1cc([C@@H](CC(N)=O)c2oc(CN3CCCCC3)cc(=O)c2O)ccc1O. The normalized spacial score (nSPS) is 15.8. The molecular formula is C21H26N2O6. The van der Waals surface area contributed by atoms with Gasteiger partial charge in [-0.15, -0.1) is 0 Å². The minimum Gasteiger partial charge on any atom is -0.504 e. The first kappa shape index (κ1) is 20.7. The van der Waals surface area contributed by atoms with Crippen molar-refractivity contribution in [2.75, 3.05) is 20.2 Å². The molecule has 3 rings (SSSR count). The summed E-state index contributed by atoms with van der Waals surface area (Å²) >= 11 is 0. The lowest BCUT2D eigenvalue weighted by Crippen LogP contribution is -2.29. The van der Waals surface area contributed by atoms with Crippen LogP contribution in [0, 0.1) is 0 Å². The van der Waals surface area contributed by atoms with E-state index in [1.54, 1.807) is 6.07 Å². The van der Waals surface area contributed by atoms with E-state index in [2.05, 4.69) is 4.90 Å². The number of aromatic hydroxyl groups is 2. The number of hydrogen-bond donors (Lipinski definition) is 3. The standard InChI is InChI=1S/C21H26N2O6/c1-28-18-9-13(5-6-16(18)24)15(11-19(22)26)21-20(27)17(25)10-14(29-21)12-23-7-3-2-4-8-23/h5-6,9-10,15,24,27H,2-4,7-8,11-12H2,1H3,(H2,22,26)/t15-/m1/s1. The first-order valence-corrected chi connectivity index (χ1v) is 9.62. The number of phenolic OH excluding ortho intramolecular Hbond substituents is 1. The molecule has 1 aromatic carbocycles. The number of ether oxygens (including phenoxy) is 1. The van der Waals surface area contributed by atoms with E-state index < -0.39 is 23.0 Å². The maximum absolute atomic E-state index is 12.4. The minimum absolute atomic E-state index is 0.0175.